The monoisotopic (exact) mass is 240 g/mol. The van der Waals surface area contributed by atoms with Crippen molar-refractivity contribution in [3.63, 3.8) is 0 Å². The van der Waals surface area contributed by atoms with Crippen molar-refractivity contribution in [3.8, 4) is 0 Å². The van der Waals surface area contributed by atoms with E-state index in [1.54, 1.807) is 0 Å². The first-order valence-corrected chi connectivity index (χ1v) is 6.80. The lowest BCUT2D eigenvalue weighted by atomic mass is 9.82. The van der Waals surface area contributed by atoms with Crippen molar-refractivity contribution in [2.75, 3.05) is 26.3 Å². The van der Waals surface area contributed by atoms with Gasteiger partial charge in [-0.25, -0.2) is 0 Å². The van der Waals surface area contributed by atoms with Gasteiger partial charge in [0.1, 0.15) is 0 Å². The van der Waals surface area contributed by atoms with Crippen molar-refractivity contribution in [3.05, 3.63) is 0 Å². The predicted molar refractivity (Wildman–Crippen MR) is 66.5 cm³/mol. The molecule has 1 saturated carbocycles. The average Bonchev–Trinajstić information content (AvgIpc) is 2.39. The van der Waals surface area contributed by atoms with Gasteiger partial charge in [-0.15, -0.1) is 0 Å². The molecular weight excluding hydrogens is 216 g/mol. The molecule has 0 aromatic heterocycles. The number of amides is 1. The SMILES string of the molecule is CC1CCC(C(=O)N2CCOCC2CN)CC1. The van der Waals surface area contributed by atoms with Crippen LogP contribution in [-0.2, 0) is 9.53 Å². The first kappa shape index (κ1) is 12.8. The van der Waals surface area contributed by atoms with Crippen LogP contribution in [0.25, 0.3) is 0 Å². The van der Waals surface area contributed by atoms with Crippen molar-refractivity contribution < 1.29 is 9.53 Å². The second-order valence-electron chi connectivity index (χ2n) is 5.45. The van der Waals surface area contributed by atoms with Crippen LogP contribution in [0.15, 0.2) is 0 Å². The number of carbonyl (C=O) groups excluding carboxylic acids is 1. The van der Waals surface area contributed by atoms with E-state index in [-0.39, 0.29) is 12.0 Å². The van der Waals surface area contributed by atoms with Crippen LogP contribution in [0.4, 0.5) is 0 Å². The van der Waals surface area contributed by atoms with Gasteiger partial charge < -0.3 is 15.4 Å². The summed E-state index contributed by atoms with van der Waals surface area (Å²) >= 11 is 0. The number of nitrogens with two attached hydrogens (primary N) is 1. The fourth-order valence-corrected chi connectivity index (χ4v) is 2.88. The lowest BCUT2D eigenvalue weighted by Crippen LogP contribution is -2.54. The molecule has 0 aromatic carbocycles. The first-order valence-electron chi connectivity index (χ1n) is 6.80. The van der Waals surface area contributed by atoms with Crippen LogP contribution in [0.3, 0.4) is 0 Å². The van der Waals surface area contributed by atoms with E-state index >= 15 is 0 Å². The molecule has 0 aromatic rings. The largest absolute Gasteiger partial charge is 0.377 e. The fraction of sp³-hybridized carbons (Fsp3) is 0.923. The third kappa shape index (κ3) is 2.99. The summed E-state index contributed by atoms with van der Waals surface area (Å²) in [5, 5.41) is 0. The van der Waals surface area contributed by atoms with Crippen molar-refractivity contribution >= 4 is 5.91 Å². The van der Waals surface area contributed by atoms with Crippen molar-refractivity contribution in [2.45, 2.75) is 38.6 Å². The maximum atomic E-state index is 12.4. The van der Waals surface area contributed by atoms with E-state index < -0.39 is 0 Å². The lowest BCUT2D eigenvalue weighted by molar-refractivity contribution is -0.145. The normalized spacial score (nSPS) is 34.7. The molecule has 2 N–H and O–H groups in total. The number of rotatable bonds is 2. The Morgan fingerprint density at radius 3 is 2.71 bits per heavy atom. The number of nitrogens with zero attached hydrogens (tertiary/aromatic N) is 1. The molecule has 1 atom stereocenters. The van der Waals surface area contributed by atoms with Gasteiger partial charge >= 0.3 is 0 Å². The van der Waals surface area contributed by atoms with E-state index in [0.29, 0.717) is 32.2 Å². The van der Waals surface area contributed by atoms with Gasteiger partial charge in [0, 0.05) is 19.0 Å². The molecule has 1 aliphatic heterocycles. The van der Waals surface area contributed by atoms with Crippen LogP contribution >= 0.6 is 0 Å². The van der Waals surface area contributed by atoms with Gasteiger partial charge in [-0.3, -0.25) is 4.79 Å². The molecule has 1 heterocycles. The Kier molecular flexibility index (Phi) is 4.40. The quantitative estimate of drug-likeness (QED) is 0.783. The van der Waals surface area contributed by atoms with Gasteiger partial charge in [-0.1, -0.05) is 6.92 Å². The molecule has 2 fully saturated rings. The van der Waals surface area contributed by atoms with Gasteiger partial charge in [0.2, 0.25) is 5.91 Å². The molecule has 2 rings (SSSR count). The molecule has 98 valence electrons. The van der Waals surface area contributed by atoms with E-state index in [1.165, 1.54) is 12.8 Å². The summed E-state index contributed by atoms with van der Waals surface area (Å²) in [5.41, 5.74) is 5.71. The second-order valence-corrected chi connectivity index (χ2v) is 5.45. The minimum Gasteiger partial charge on any atom is -0.377 e. The Bertz CT molecular complexity index is 262. The maximum absolute atomic E-state index is 12.4. The molecule has 4 nitrogen and oxygen atoms in total. The summed E-state index contributed by atoms with van der Waals surface area (Å²) in [7, 11) is 0. The van der Waals surface area contributed by atoms with Crippen LogP contribution < -0.4 is 5.73 Å². The summed E-state index contributed by atoms with van der Waals surface area (Å²) in [6.07, 6.45) is 4.48. The summed E-state index contributed by atoms with van der Waals surface area (Å²) in [5.74, 6) is 1.34. The number of hydrogen-bond acceptors (Lipinski definition) is 3. The molecule has 17 heavy (non-hydrogen) atoms. The highest BCUT2D eigenvalue weighted by Crippen LogP contribution is 2.30. The van der Waals surface area contributed by atoms with E-state index in [2.05, 4.69) is 6.92 Å². The Hall–Kier alpha value is -0.610. The van der Waals surface area contributed by atoms with Crippen LogP contribution in [0.5, 0.6) is 0 Å². The first-order chi connectivity index (χ1) is 8.22. The zero-order valence-electron chi connectivity index (χ0n) is 10.7. The third-order valence-electron chi connectivity index (χ3n) is 4.15. The molecule has 1 unspecified atom stereocenters. The Balaban J connectivity index is 1.93. The van der Waals surface area contributed by atoms with E-state index in [1.807, 2.05) is 4.90 Å². The standard InChI is InChI=1S/C13H24N2O2/c1-10-2-4-11(5-3-10)13(16)15-6-7-17-9-12(15)8-14/h10-12H,2-9,14H2,1H3. The van der Waals surface area contributed by atoms with Gasteiger partial charge in [0.05, 0.1) is 19.3 Å². The number of morpholine rings is 1. The Morgan fingerprint density at radius 1 is 1.35 bits per heavy atom. The Morgan fingerprint density at radius 2 is 2.06 bits per heavy atom. The molecule has 1 saturated heterocycles. The van der Waals surface area contributed by atoms with Crippen molar-refractivity contribution in [2.24, 2.45) is 17.6 Å². The molecule has 1 aliphatic carbocycles. The topological polar surface area (TPSA) is 55.6 Å². The highest BCUT2D eigenvalue weighted by atomic mass is 16.5. The maximum Gasteiger partial charge on any atom is 0.226 e. The average molecular weight is 240 g/mol. The van der Waals surface area contributed by atoms with Crippen molar-refractivity contribution in [1.82, 2.24) is 4.90 Å². The summed E-state index contributed by atoms with van der Waals surface area (Å²) < 4.78 is 5.38. The Labute approximate surface area is 103 Å². The smallest absolute Gasteiger partial charge is 0.226 e. The van der Waals surface area contributed by atoms with Gasteiger partial charge in [-0.05, 0) is 31.6 Å². The van der Waals surface area contributed by atoms with E-state index in [0.717, 1.165) is 18.8 Å². The second kappa shape index (κ2) is 5.83. The highest BCUT2D eigenvalue weighted by Gasteiger charge is 2.32. The zero-order chi connectivity index (χ0) is 12.3. The number of ether oxygens (including phenoxy) is 1. The lowest BCUT2D eigenvalue weighted by Gasteiger charge is -2.38. The fourth-order valence-electron chi connectivity index (χ4n) is 2.88. The number of hydrogen-bond donors (Lipinski definition) is 1. The highest BCUT2D eigenvalue weighted by molar-refractivity contribution is 5.79. The summed E-state index contributed by atoms with van der Waals surface area (Å²) in [6, 6.07) is 0.0931. The number of carbonyl (C=O) groups is 1. The van der Waals surface area contributed by atoms with Crippen LogP contribution in [0, 0.1) is 11.8 Å². The van der Waals surface area contributed by atoms with Gasteiger partial charge in [0.15, 0.2) is 0 Å². The minimum absolute atomic E-state index is 0.0931. The third-order valence-corrected chi connectivity index (χ3v) is 4.15. The molecule has 0 bridgehead atoms. The van der Waals surface area contributed by atoms with E-state index in [9.17, 15) is 4.79 Å². The van der Waals surface area contributed by atoms with E-state index in [4.69, 9.17) is 10.5 Å². The minimum atomic E-state index is 0.0931. The van der Waals surface area contributed by atoms with Gasteiger partial charge in [-0.2, -0.15) is 0 Å². The van der Waals surface area contributed by atoms with Gasteiger partial charge in [0.25, 0.3) is 0 Å². The summed E-state index contributed by atoms with van der Waals surface area (Å²) in [4.78, 5) is 14.4. The van der Waals surface area contributed by atoms with Crippen molar-refractivity contribution in [1.29, 1.82) is 0 Å². The molecule has 0 radical (unpaired) electrons. The van der Waals surface area contributed by atoms with Crippen LogP contribution in [-0.4, -0.2) is 43.2 Å². The molecule has 0 spiro atoms. The predicted octanol–water partition coefficient (Wildman–Crippen LogP) is 0.999. The molecule has 2 aliphatic rings. The molecule has 4 heteroatoms. The van der Waals surface area contributed by atoms with Crippen LogP contribution in [0.2, 0.25) is 0 Å². The summed E-state index contributed by atoms with van der Waals surface area (Å²) in [6.45, 7) is 4.76. The van der Waals surface area contributed by atoms with Crippen LogP contribution in [0.1, 0.15) is 32.6 Å². The molecular formula is C13H24N2O2. The zero-order valence-corrected chi connectivity index (χ0v) is 10.7. The molecule has 1 amide bonds.